The molecule has 0 N–H and O–H groups in total. The number of hydrogen-bond acceptors (Lipinski definition) is 7. The molecule has 0 fully saturated rings. The molecule has 0 bridgehead atoms. The van der Waals surface area contributed by atoms with Crippen molar-refractivity contribution in [3.63, 3.8) is 0 Å². The van der Waals surface area contributed by atoms with Gasteiger partial charge in [-0.05, 0) is 32.7 Å². The van der Waals surface area contributed by atoms with Crippen molar-refractivity contribution in [1.29, 1.82) is 0 Å². The lowest BCUT2D eigenvalue weighted by Crippen LogP contribution is -2.18. The highest BCUT2D eigenvalue weighted by Gasteiger charge is 2.20. The number of pyridine rings is 1. The third kappa shape index (κ3) is 8.41. The van der Waals surface area contributed by atoms with Gasteiger partial charge in [0.25, 0.3) is 0 Å². The minimum atomic E-state index is -0.875. The molecular formula is C28H32ClF2N5O2. The number of hydrogen-bond donors (Lipinski definition) is 0. The molecule has 0 spiro atoms. The van der Waals surface area contributed by atoms with Crippen LogP contribution in [0.3, 0.4) is 0 Å². The fourth-order valence-corrected chi connectivity index (χ4v) is 3.43. The third-order valence-electron chi connectivity index (χ3n) is 5.42. The third-order valence-corrected chi connectivity index (χ3v) is 5.70. The quantitative estimate of drug-likeness (QED) is 0.101. The Morgan fingerprint density at radius 2 is 1.89 bits per heavy atom. The number of aldehydes is 1. The first-order valence-electron chi connectivity index (χ1n) is 11.8. The number of aliphatic imine (C=N–C) groups is 1. The molecule has 2 heterocycles. The Balaban J connectivity index is 2.31. The summed E-state index contributed by atoms with van der Waals surface area (Å²) in [6, 6.07) is 3.67. The molecule has 0 aliphatic heterocycles. The molecule has 2 aromatic rings. The van der Waals surface area contributed by atoms with Gasteiger partial charge in [0, 0.05) is 60.4 Å². The number of carbonyl (C=O) groups is 1. The van der Waals surface area contributed by atoms with Gasteiger partial charge in [0.15, 0.2) is 6.29 Å². The van der Waals surface area contributed by atoms with Crippen LogP contribution in [0, 0.1) is 6.92 Å². The van der Waals surface area contributed by atoms with Gasteiger partial charge in [0.05, 0.1) is 24.2 Å². The predicted octanol–water partition coefficient (Wildman–Crippen LogP) is 6.91. The molecule has 0 saturated heterocycles. The van der Waals surface area contributed by atoms with Gasteiger partial charge in [-0.1, -0.05) is 32.4 Å². The first-order valence-corrected chi connectivity index (χ1v) is 12.1. The van der Waals surface area contributed by atoms with E-state index in [-0.39, 0.29) is 29.2 Å². The van der Waals surface area contributed by atoms with E-state index in [1.165, 1.54) is 0 Å². The monoisotopic (exact) mass is 543 g/mol. The van der Waals surface area contributed by atoms with Crippen LogP contribution in [0.15, 0.2) is 76.0 Å². The number of halogens is 3. The molecular weight excluding hydrogens is 512 g/mol. The average molecular weight is 544 g/mol. The van der Waals surface area contributed by atoms with Gasteiger partial charge < -0.3 is 9.64 Å². The SMILES string of the molecule is C=N/C=C(F)\C=C(\F)CCOC(/C=C(/C)N(C)c1ccnc(-c2ccnc(C(C)(C)C)n2)c1C)=C(\Cl)C=O. The van der Waals surface area contributed by atoms with E-state index < -0.39 is 11.7 Å². The van der Waals surface area contributed by atoms with E-state index in [4.69, 9.17) is 21.3 Å². The lowest BCUT2D eigenvalue weighted by molar-refractivity contribution is -0.104. The molecule has 0 aliphatic carbocycles. The van der Waals surface area contributed by atoms with Crippen LogP contribution in [0.5, 0.6) is 0 Å². The van der Waals surface area contributed by atoms with Gasteiger partial charge in [-0.25, -0.2) is 18.7 Å². The second kappa shape index (κ2) is 13.7. The molecule has 0 amide bonds. The Hall–Kier alpha value is -3.72. The van der Waals surface area contributed by atoms with Crippen LogP contribution in [0.2, 0.25) is 0 Å². The lowest BCUT2D eigenvalue weighted by Gasteiger charge is -2.24. The van der Waals surface area contributed by atoms with E-state index in [2.05, 4.69) is 21.7 Å². The summed E-state index contributed by atoms with van der Waals surface area (Å²) < 4.78 is 32.8. The Morgan fingerprint density at radius 3 is 2.53 bits per heavy atom. The number of carbonyl (C=O) groups excluding carboxylic acids is 1. The highest BCUT2D eigenvalue weighted by Crippen LogP contribution is 2.30. The van der Waals surface area contributed by atoms with Crippen molar-refractivity contribution in [2.75, 3.05) is 18.6 Å². The Bertz CT molecular complexity index is 1300. The van der Waals surface area contributed by atoms with Gasteiger partial charge >= 0.3 is 0 Å². The van der Waals surface area contributed by atoms with Crippen LogP contribution in [-0.4, -0.2) is 41.6 Å². The summed E-state index contributed by atoms with van der Waals surface area (Å²) in [6.45, 7) is 12.8. The van der Waals surface area contributed by atoms with Crippen LogP contribution >= 0.6 is 11.6 Å². The summed E-state index contributed by atoms with van der Waals surface area (Å²) >= 11 is 6.06. The summed E-state index contributed by atoms with van der Waals surface area (Å²) in [5, 5.41) is -0.188. The van der Waals surface area contributed by atoms with Gasteiger partial charge in [0.1, 0.15) is 28.3 Å². The second-order valence-electron chi connectivity index (χ2n) is 9.38. The maximum absolute atomic E-state index is 13.9. The first-order chi connectivity index (χ1) is 17.9. The van der Waals surface area contributed by atoms with Crippen molar-refractivity contribution < 1.29 is 18.3 Å². The van der Waals surface area contributed by atoms with Crippen LogP contribution < -0.4 is 4.90 Å². The van der Waals surface area contributed by atoms with E-state index in [9.17, 15) is 13.6 Å². The first kappa shape index (κ1) is 30.5. The molecule has 0 atom stereocenters. The number of anilines is 1. The Morgan fingerprint density at radius 1 is 1.21 bits per heavy atom. The zero-order valence-electron chi connectivity index (χ0n) is 22.4. The largest absolute Gasteiger partial charge is 0.491 e. The summed E-state index contributed by atoms with van der Waals surface area (Å²) in [7, 11) is 1.84. The topological polar surface area (TPSA) is 80.6 Å². The maximum Gasteiger partial charge on any atom is 0.165 e. The number of ether oxygens (including phenoxy) is 1. The fraction of sp³-hybridized carbons (Fsp3) is 0.321. The minimum Gasteiger partial charge on any atom is -0.491 e. The predicted molar refractivity (Wildman–Crippen MR) is 148 cm³/mol. The van der Waals surface area contributed by atoms with Crippen molar-refractivity contribution in [3.05, 3.63) is 82.4 Å². The Labute approximate surface area is 227 Å². The molecule has 7 nitrogen and oxygen atoms in total. The summed E-state index contributed by atoms with van der Waals surface area (Å²) in [5.74, 6) is -0.870. The normalized spacial score (nSPS) is 13.7. The molecule has 38 heavy (non-hydrogen) atoms. The van der Waals surface area contributed by atoms with E-state index in [0.29, 0.717) is 35.3 Å². The average Bonchev–Trinajstić information content (AvgIpc) is 2.87. The van der Waals surface area contributed by atoms with Crippen LogP contribution in [0.25, 0.3) is 11.4 Å². The molecule has 0 unspecified atom stereocenters. The Kier molecular flexibility index (Phi) is 11.0. The van der Waals surface area contributed by atoms with E-state index >= 15 is 0 Å². The van der Waals surface area contributed by atoms with Crippen LogP contribution in [-0.2, 0) is 14.9 Å². The van der Waals surface area contributed by atoms with Crippen molar-refractivity contribution >= 4 is 30.3 Å². The van der Waals surface area contributed by atoms with E-state index in [1.54, 1.807) is 18.5 Å². The molecule has 0 radical (unpaired) electrons. The molecule has 10 heteroatoms. The number of rotatable bonds is 11. The van der Waals surface area contributed by atoms with Crippen molar-refractivity contribution in [2.24, 2.45) is 4.99 Å². The highest BCUT2D eigenvalue weighted by atomic mass is 35.5. The smallest absolute Gasteiger partial charge is 0.165 e. The van der Waals surface area contributed by atoms with Gasteiger partial charge in [-0.15, -0.1) is 0 Å². The summed E-state index contributed by atoms with van der Waals surface area (Å²) in [5.41, 5.74) is 3.60. The summed E-state index contributed by atoms with van der Waals surface area (Å²) in [6.07, 6.45) is 6.65. The van der Waals surface area contributed by atoms with Gasteiger partial charge in [-0.3, -0.25) is 14.8 Å². The molecule has 2 rings (SSSR count). The van der Waals surface area contributed by atoms with Crippen molar-refractivity contribution in [1.82, 2.24) is 15.0 Å². The second-order valence-corrected chi connectivity index (χ2v) is 9.79. The highest BCUT2D eigenvalue weighted by molar-refractivity contribution is 6.39. The number of nitrogens with zero attached hydrogens (tertiary/aromatic N) is 5. The standard InChI is InChI=1S/C28H32ClF2N5O2/c1-18(14-25(22(29)17-37)38-13-10-20(30)15-21(31)16-32-6)36(7)24-9-12-33-26(19(24)2)23-8-11-34-27(35-23)28(3,4)5/h8-9,11-12,14-17H,6,10,13H2,1-5,7H3/b18-14-,20-15+,21-16+,25-22-. The number of allylic oxidation sites excluding steroid dienone is 5. The molecule has 0 aliphatic rings. The number of aromatic nitrogens is 3. The molecule has 2 aromatic heterocycles. The fourth-order valence-electron chi connectivity index (χ4n) is 3.32. The zero-order valence-corrected chi connectivity index (χ0v) is 23.2. The molecule has 0 aromatic carbocycles. The zero-order chi connectivity index (χ0) is 28.5. The van der Waals surface area contributed by atoms with Gasteiger partial charge in [0.2, 0.25) is 0 Å². The van der Waals surface area contributed by atoms with Crippen molar-refractivity contribution in [2.45, 2.75) is 46.5 Å². The minimum absolute atomic E-state index is 0.0557. The lowest BCUT2D eigenvalue weighted by atomic mass is 9.95. The van der Waals surface area contributed by atoms with Gasteiger partial charge in [-0.2, -0.15) is 0 Å². The van der Waals surface area contributed by atoms with Crippen LogP contribution in [0.4, 0.5) is 14.5 Å². The molecule has 202 valence electrons. The van der Waals surface area contributed by atoms with Crippen molar-refractivity contribution in [3.8, 4) is 11.4 Å². The van der Waals surface area contributed by atoms with E-state index in [0.717, 1.165) is 17.5 Å². The van der Waals surface area contributed by atoms with Crippen LogP contribution in [0.1, 0.15) is 45.5 Å². The van der Waals surface area contributed by atoms with E-state index in [1.807, 2.05) is 58.7 Å². The summed E-state index contributed by atoms with van der Waals surface area (Å²) in [4.78, 5) is 30.1. The molecule has 0 saturated carbocycles. The maximum atomic E-state index is 13.9.